The number of aromatic nitrogens is 3. The van der Waals surface area contributed by atoms with Gasteiger partial charge in [-0.1, -0.05) is 0 Å². The zero-order valence-corrected chi connectivity index (χ0v) is 10.1. The molecule has 90 valence electrons. The Kier molecular flexibility index (Phi) is 5.21. The van der Waals surface area contributed by atoms with Gasteiger partial charge in [-0.2, -0.15) is 15.0 Å². The molecule has 6 nitrogen and oxygen atoms in total. The summed E-state index contributed by atoms with van der Waals surface area (Å²) in [6.07, 6.45) is 0.276. The monoisotopic (exact) mass is 245 g/mol. The van der Waals surface area contributed by atoms with E-state index in [1.54, 1.807) is 6.92 Å². The number of nitrogens with one attached hydrogen (secondary N) is 2. The van der Waals surface area contributed by atoms with Crippen LogP contribution in [-0.4, -0.2) is 39.3 Å². The van der Waals surface area contributed by atoms with Gasteiger partial charge in [-0.15, -0.1) is 0 Å². The minimum atomic E-state index is -0.349. The molecule has 0 spiro atoms. The molecule has 1 aromatic heterocycles. The number of nitrogens with zero attached hydrogens (tertiary/aromatic N) is 3. The SMILES string of the molecule is CCNc1nc(Cl)nc(NCCC(C)O)n1. The fourth-order valence-electron chi connectivity index (χ4n) is 1.06. The zero-order chi connectivity index (χ0) is 12.0. The average Bonchev–Trinajstić information content (AvgIpc) is 2.16. The van der Waals surface area contributed by atoms with Crippen LogP contribution in [0.2, 0.25) is 5.28 Å². The number of rotatable bonds is 6. The number of aliphatic hydroxyl groups excluding tert-OH is 1. The normalized spacial score (nSPS) is 12.2. The van der Waals surface area contributed by atoms with Crippen LogP contribution >= 0.6 is 11.6 Å². The molecule has 0 radical (unpaired) electrons. The Bertz CT molecular complexity index is 334. The smallest absolute Gasteiger partial charge is 0.228 e. The van der Waals surface area contributed by atoms with Crippen molar-refractivity contribution in [1.29, 1.82) is 0 Å². The molecule has 16 heavy (non-hydrogen) atoms. The van der Waals surface area contributed by atoms with Gasteiger partial charge < -0.3 is 15.7 Å². The minimum absolute atomic E-state index is 0.144. The van der Waals surface area contributed by atoms with Crippen LogP contribution in [0, 0.1) is 0 Å². The van der Waals surface area contributed by atoms with Crippen molar-refractivity contribution in [1.82, 2.24) is 15.0 Å². The van der Waals surface area contributed by atoms with Gasteiger partial charge in [0.1, 0.15) is 0 Å². The third-order valence-electron chi connectivity index (χ3n) is 1.79. The summed E-state index contributed by atoms with van der Waals surface area (Å²) in [5.74, 6) is 0.860. The number of hydrogen-bond acceptors (Lipinski definition) is 6. The molecule has 0 saturated carbocycles. The fourth-order valence-corrected chi connectivity index (χ4v) is 1.22. The topological polar surface area (TPSA) is 83.0 Å². The average molecular weight is 246 g/mol. The maximum atomic E-state index is 9.09. The Morgan fingerprint density at radius 3 is 2.44 bits per heavy atom. The van der Waals surface area contributed by atoms with E-state index < -0.39 is 0 Å². The van der Waals surface area contributed by atoms with E-state index in [4.69, 9.17) is 16.7 Å². The molecule has 1 rings (SSSR count). The molecule has 0 amide bonds. The zero-order valence-electron chi connectivity index (χ0n) is 9.37. The third-order valence-corrected chi connectivity index (χ3v) is 1.96. The Morgan fingerprint density at radius 1 is 1.25 bits per heavy atom. The summed E-state index contributed by atoms with van der Waals surface area (Å²) < 4.78 is 0. The third kappa shape index (κ3) is 4.59. The van der Waals surface area contributed by atoms with E-state index in [9.17, 15) is 0 Å². The van der Waals surface area contributed by atoms with E-state index >= 15 is 0 Å². The summed E-state index contributed by atoms with van der Waals surface area (Å²) in [4.78, 5) is 11.9. The van der Waals surface area contributed by atoms with Crippen molar-refractivity contribution in [3.05, 3.63) is 5.28 Å². The summed E-state index contributed by atoms with van der Waals surface area (Å²) in [5.41, 5.74) is 0. The Hall–Kier alpha value is -1.14. The molecule has 0 fully saturated rings. The van der Waals surface area contributed by atoms with Gasteiger partial charge in [0.15, 0.2) is 0 Å². The lowest BCUT2D eigenvalue weighted by Gasteiger charge is -2.08. The van der Waals surface area contributed by atoms with Gasteiger partial charge in [0.2, 0.25) is 17.2 Å². The molecule has 1 heterocycles. The Balaban J connectivity index is 2.58. The largest absolute Gasteiger partial charge is 0.393 e. The second-order valence-electron chi connectivity index (χ2n) is 3.35. The lowest BCUT2D eigenvalue weighted by Crippen LogP contribution is -2.13. The van der Waals surface area contributed by atoms with Crippen LogP contribution in [0.1, 0.15) is 20.3 Å². The lowest BCUT2D eigenvalue weighted by atomic mass is 10.3. The van der Waals surface area contributed by atoms with Crippen LogP contribution in [0.25, 0.3) is 0 Å². The highest BCUT2D eigenvalue weighted by Gasteiger charge is 2.04. The molecule has 1 aromatic rings. The minimum Gasteiger partial charge on any atom is -0.393 e. The van der Waals surface area contributed by atoms with Crippen molar-refractivity contribution >= 4 is 23.5 Å². The van der Waals surface area contributed by atoms with Crippen molar-refractivity contribution in [2.45, 2.75) is 26.4 Å². The summed E-state index contributed by atoms with van der Waals surface area (Å²) in [6, 6.07) is 0. The quantitative estimate of drug-likeness (QED) is 0.697. The van der Waals surface area contributed by atoms with Gasteiger partial charge >= 0.3 is 0 Å². The molecular weight excluding hydrogens is 230 g/mol. The summed E-state index contributed by atoms with van der Waals surface area (Å²) >= 11 is 5.74. The first-order chi connectivity index (χ1) is 7.61. The van der Waals surface area contributed by atoms with Crippen molar-refractivity contribution in [3.63, 3.8) is 0 Å². The molecule has 0 aliphatic rings. The molecule has 3 N–H and O–H groups in total. The highest BCUT2D eigenvalue weighted by atomic mass is 35.5. The van der Waals surface area contributed by atoms with Crippen LogP contribution in [0.3, 0.4) is 0 Å². The van der Waals surface area contributed by atoms with Crippen molar-refractivity contribution in [2.75, 3.05) is 23.7 Å². The van der Waals surface area contributed by atoms with Crippen LogP contribution in [0.5, 0.6) is 0 Å². The molecule has 0 saturated heterocycles. The first kappa shape index (κ1) is 12.9. The van der Waals surface area contributed by atoms with Gasteiger partial charge in [-0.05, 0) is 31.9 Å². The highest BCUT2D eigenvalue weighted by Crippen LogP contribution is 2.09. The van der Waals surface area contributed by atoms with E-state index in [0.717, 1.165) is 0 Å². The second-order valence-corrected chi connectivity index (χ2v) is 3.68. The number of anilines is 2. The van der Waals surface area contributed by atoms with E-state index in [1.807, 2.05) is 6.92 Å². The first-order valence-corrected chi connectivity index (χ1v) is 5.57. The molecule has 7 heteroatoms. The van der Waals surface area contributed by atoms with E-state index in [1.165, 1.54) is 0 Å². The summed E-state index contributed by atoms with van der Waals surface area (Å²) in [5, 5.41) is 15.2. The molecule has 1 unspecified atom stereocenters. The summed E-state index contributed by atoms with van der Waals surface area (Å²) in [6.45, 7) is 4.97. The van der Waals surface area contributed by atoms with Crippen molar-refractivity contribution < 1.29 is 5.11 Å². The number of hydrogen-bond donors (Lipinski definition) is 3. The van der Waals surface area contributed by atoms with Crippen LogP contribution in [0.15, 0.2) is 0 Å². The predicted molar refractivity (Wildman–Crippen MR) is 63.8 cm³/mol. The molecule has 1 atom stereocenters. The fraction of sp³-hybridized carbons (Fsp3) is 0.667. The van der Waals surface area contributed by atoms with Gasteiger partial charge in [0.25, 0.3) is 0 Å². The Morgan fingerprint density at radius 2 is 1.88 bits per heavy atom. The standard InChI is InChI=1S/C9H16ClN5O/c1-3-11-8-13-7(10)14-9(15-8)12-5-4-6(2)16/h6,16H,3-5H2,1-2H3,(H2,11,12,13,14,15). The molecular formula is C9H16ClN5O. The molecule has 0 aliphatic carbocycles. The molecule has 0 aromatic carbocycles. The maximum absolute atomic E-state index is 9.09. The second kappa shape index (κ2) is 6.44. The van der Waals surface area contributed by atoms with E-state index in [2.05, 4.69) is 25.6 Å². The summed E-state index contributed by atoms with van der Waals surface area (Å²) in [7, 11) is 0. The maximum Gasteiger partial charge on any atom is 0.228 e. The van der Waals surface area contributed by atoms with Crippen molar-refractivity contribution in [3.8, 4) is 0 Å². The number of halogens is 1. The first-order valence-electron chi connectivity index (χ1n) is 5.19. The van der Waals surface area contributed by atoms with Crippen LogP contribution in [-0.2, 0) is 0 Å². The van der Waals surface area contributed by atoms with Crippen LogP contribution < -0.4 is 10.6 Å². The molecule has 0 aliphatic heterocycles. The Labute approximate surface area is 99.5 Å². The van der Waals surface area contributed by atoms with Gasteiger partial charge in [0, 0.05) is 13.1 Å². The van der Waals surface area contributed by atoms with E-state index in [0.29, 0.717) is 31.4 Å². The highest BCUT2D eigenvalue weighted by molar-refractivity contribution is 6.28. The molecule has 0 bridgehead atoms. The van der Waals surface area contributed by atoms with Crippen LogP contribution in [0.4, 0.5) is 11.9 Å². The number of aliphatic hydroxyl groups is 1. The predicted octanol–water partition coefficient (Wildman–Crippen LogP) is 1.14. The van der Waals surface area contributed by atoms with Gasteiger partial charge in [-0.25, -0.2) is 0 Å². The lowest BCUT2D eigenvalue weighted by molar-refractivity contribution is 0.188. The van der Waals surface area contributed by atoms with Crippen molar-refractivity contribution in [2.24, 2.45) is 0 Å². The van der Waals surface area contributed by atoms with Gasteiger partial charge in [0.05, 0.1) is 6.10 Å². The van der Waals surface area contributed by atoms with Gasteiger partial charge in [-0.3, -0.25) is 0 Å². The van der Waals surface area contributed by atoms with E-state index in [-0.39, 0.29) is 11.4 Å².